The van der Waals surface area contributed by atoms with Crippen molar-refractivity contribution in [3.8, 4) is 0 Å². The predicted molar refractivity (Wildman–Crippen MR) is 77.0 cm³/mol. The molecule has 0 aliphatic heterocycles. The molecule has 0 bridgehead atoms. The van der Waals surface area contributed by atoms with Gasteiger partial charge in [0.25, 0.3) is 0 Å². The van der Waals surface area contributed by atoms with Gasteiger partial charge >= 0.3 is 0 Å². The Balaban J connectivity index is 1.95. The molecule has 2 rings (SSSR count). The van der Waals surface area contributed by atoms with E-state index >= 15 is 0 Å². The van der Waals surface area contributed by atoms with E-state index in [0.717, 1.165) is 12.8 Å². The lowest BCUT2D eigenvalue weighted by Gasteiger charge is -2.21. The van der Waals surface area contributed by atoms with Crippen LogP contribution in [0.3, 0.4) is 0 Å². The Morgan fingerprint density at radius 3 is 2.37 bits per heavy atom. The van der Waals surface area contributed by atoms with Crippen LogP contribution in [0.5, 0.6) is 0 Å². The van der Waals surface area contributed by atoms with Gasteiger partial charge in [0, 0.05) is 18.2 Å². The minimum atomic E-state index is -0.488. The van der Waals surface area contributed by atoms with Gasteiger partial charge in [-0.3, -0.25) is 0 Å². The molecule has 0 amide bonds. The number of hydrogen-bond acceptors (Lipinski definition) is 1. The monoisotopic (exact) mass is 331 g/mol. The van der Waals surface area contributed by atoms with Gasteiger partial charge in [0.15, 0.2) is 0 Å². The zero-order valence-electron chi connectivity index (χ0n) is 11.0. The largest absolute Gasteiger partial charge is 0.310 e. The van der Waals surface area contributed by atoms with E-state index in [-0.39, 0.29) is 12.1 Å². The fourth-order valence-electron chi connectivity index (χ4n) is 2.64. The van der Waals surface area contributed by atoms with Crippen LogP contribution in [0.2, 0.25) is 0 Å². The number of nitrogens with one attached hydrogen (secondary N) is 1. The second-order valence-corrected chi connectivity index (χ2v) is 6.10. The molecule has 0 radical (unpaired) electrons. The van der Waals surface area contributed by atoms with E-state index < -0.39 is 11.6 Å². The molecule has 106 valence electrons. The molecule has 1 nitrogen and oxygen atoms in total. The third-order valence-corrected chi connectivity index (χ3v) is 4.42. The summed E-state index contributed by atoms with van der Waals surface area (Å²) in [6.45, 7) is 0.266. The van der Waals surface area contributed by atoms with E-state index in [4.69, 9.17) is 0 Å². The SMILES string of the molecule is Fc1ccc(Br)c(F)c1CNC1CCCCCCC1. The second kappa shape index (κ2) is 7.34. The van der Waals surface area contributed by atoms with Gasteiger partial charge in [-0.05, 0) is 40.9 Å². The molecule has 1 aromatic carbocycles. The van der Waals surface area contributed by atoms with Gasteiger partial charge in [0.1, 0.15) is 11.6 Å². The average Bonchev–Trinajstić information content (AvgIpc) is 2.36. The zero-order chi connectivity index (χ0) is 13.7. The predicted octanol–water partition coefficient (Wildman–Crippen LogP) is 4.93. The molecule has 1 N–H and O–H groups in total. The van der Waals surface area contributed by atoms with Crippen molar-refractivity contribution in [1.29, 1.82) is 0 Å². The van der Waals surface area contributed by atoms with Gasteiger partial charge in [-0.25, -0.2) is 8.78 Å². The normalized spacial score (nSPS) is 18.1. The highest BCUT2D eigenvalue weighted by Gasteiger charge is 2.15. The number of hydrogen-bond donors (Lipinski definition) is 1. The summed E-state index contributed by atoms with van der Waals surface area (Å²) < 4.78 is 27.8. The smallest absolute Gasteiger partial charge is 0.144 e. The Kier molecular flexibility index (Phi) is 5.76. The summed E-state index contributed by atoms with van der Waals surface area (Å²) in [6.07, 6.45) is 8.51. The summed E-state index contributed by atoms with van der Waals surface area (Å²) in [6, 6.07) is 3.10. The lowest BCUT2D eigenvalue weighted by Crippen LogP contribution is -2.30. The van der Waals surface area contributed by atoms with Gasteiger partial charge < -0.3 is 5.32 Å². The van der Waals surface area contributed by atoms with Crippen LogP contribution < -0.4 is 5.32 Å². The maximum atomic E-state index is 13.8. The van der Waals surface area contributed by atoms with Gasteiger partial charge in [0.05, 0.1) is 4.47 Å². The molecule has 0 atom stereocenters. The van der Waals surface area contributed by atoms with Crippen molar-refractivity contribution in [3.63, 3.8) is 0 Å². The summed E-state index contributed by atoms with van der Waals surface area (Å²) in [4.78, 5) is 0. The highest BCUT2D eigenvalue weighted by atomic mass is 79.9. The highest BCUT2D eigenvalue weighted by molar-refractivity contribution is 9.10. The van der Waals surface area contributed by atoms with Crippen molar-refractivity contribution in [2.24, 2.45) is 0 Å². The molecule has 1 aliphatic rings. The maximum absolute atomic E-state index is 13.8. The number of benzene rings is 1. The second-order valence-electron chi connectivity index (χ2n) is 5.24. The van der Waals surface area contributed by atoms with E-state index in [9.17, 15) is 8.78 Å². The summed E-state index contributed by atoms with van der Waals surface area (Å²) in [5.41, 5.74) is 0.136. The van der Waals surface area contributed by atoms with E-state index in [0.29, 0.717) is 10.5 Å². The van der Waals surface area contributed by atoms with Crippen LogP contribution in [0.4, 0.5) is 8.78 Å². The first-order valence-electron chi connectivity index (χ1n) is 7.04. The van der Waals surface area contributed by atoms with Crippen molar-refractivity contribution in [3.05, 3.63) is 33.8 Å². The fourth-order valence-corrected chi connectivity index (χ4v) is 3.01. The summed E-state index contributed by atoms with van der Waals surface area (Å²) in [5, 5.41) is 3.31. The van der Waals surface area contributed by atoms with E-state index in [1.807, 2.05) is 0 Å². The Morgan fingerprint density at radius 2 is 1.68 bits per heavy atom. The Bertz CT molecular complexity index is 415. The molecule has 1 saturated carbocycles. The van der Waals surface area contributed by atoms with Crippen molar-refractivity contribution in [2.75, 3.05) is 0 Å². The minimum absolute atomic E-state index is 0.136. The van der Waals surface area contributed by atoms with Crippen molar-refractivity contribution >= 4 is 15.9 Å². The van der Waals surface area contributed by atoms with Crippen LogP contribution >= 0.6 is 15.9 Å². The molecule has 0 unspecified atom stereocenters. The van der Waals surface area contributed by atoms with E-state index in [2.05, 4.69) is 21.2 Å². The fraction of sp³-hybridized carbons (Fsp3) is 0.600. The van der Waals surface area contributed by atoms with Crippen molar-refractivity contribution in [2.45, 2.75) is 57.5 Å². The van der Waals surface area contributed by atoms with Crippen LogP contribution in [0.1, 0.15) is 50.5 Å². The lowest BCUT2D eigenvalue weighted by molar-refractivity contribution is 0.383. The van der Waals surface area contributed by atoms with Crippen LogP contribution in [0.15, 0.2) is 16.6 Å². The lowest BCUT2D eigenvalue weighted by atomic mass is 9.96. The number of halogens is 3. The Labute approximate surface area is 121 Å². The topological polar surface area (TPSA) is 12.0 Å². The van der Waals surface area contributed by atoms with Gasteiger partial charge in [-0.2, -0.15) is 0 Å². The number of rotatable bonds is 3. The third kappa shape index (κ3) is 4.25. The van der Waals surface area contributed by atoms with Crippen molar-refractivity contribution < 1.29 is 8.78 Å². The molecule has 0 aromatic heterocycles. The molecule has 0 heterocycles. The molecule has 1 fully saturated rings. The molecule has 4 heteroatoms. The Hall–Kier alpha value is -0.480. The molecule has 0 spiro atoms. The van der Waals surface area contributed by atoms with Crippen LogP contribution in [0.25, 0.3) is 0 Å². The van der Waals surface area contributed by atoms with Crippen molar-refractivity contribution in [1.82, 2.24) is 5.32 Å². The first kappa shape index (κ1) is 14.9. The van der Waals surface area contributed by atoms with Gasteiger partial charge in [0.2, 0.25) is 0 Å². The first-order valence-corrected chi connectivity index (χ1v) is 7.83. The van der Waals surface area contributed by atoms with Crippen LogP contribution in [-0.4, -0.2) is 6.04 Å². The summed E-state index contributed by atoms with van der Waals surface area (Å²) >= 11 is 3.10. The van der Waals surface area contributed by atoms with Gasteiger partial charge in [-0.1, -0.05) is 32.1 Å². The molecule has 1 aliphatic carbocycles. The molecule has 0 saturated heterocycles. The van der Waals surface area contributed by atoms with Crippen LogP contribution in [0, 0.1) is 11.6 Å². The van der Waals surface area contributed by atoms with Crippen LogP contribution in [-0.2, 0) is 6.54 Å². The summed E-state index contributed by atoms with van der Waals surface area (Å²) in [5.74, 6) is -0.961. The third-order valence-electron chi connectivity index (χ3n) is 3.81. The average molecular weight is 332 g/mol. The van der Waals surface area contributed by atoms with Gasteiger partial charge in [-0.15, -0.1) is 0 Å². The zero-order valence-corrected chi connectivity index (χ0v) is 12.6. The minimum Gasteiger partial charge on any atom is -0.310 e. The summed E-state index contributed by atoms with van der Waals surface area (Å²) in [7, 11) is 0. The Morgan fingerprint density at radius 1 is 1.05 bits per heavy atom. The highest BCUT2D eigenvalue weighted by Crippen LogP contribution is 2.22. The molecule has 19 heavy (non-hydrogen) atoms. The van der Waals surface area contributed by atoms with E-state index in [1.165, 1.54) is 44.2 Å². The maximum Gasteiger partial charge on any atom is 0.144 e. The van der Waals surface area contributed by atoms with E-state index in [1.54, 1.807) is 0 Å². The molecular weight excluding hydrogens is 312 g/mol. The first-order chi connectivity index (χ1) is 9.18. The molecular formula is C15H20BrF2N. The standard InChI is InChI=1S/C15H20BrF2N/c16-13-8-9-14(17)12(15(13)18)10-19-11-6-4-2-1-3-5-7-11/h8-9,11,19H,1-7,10H2. The molecule has 1 aromatic rings. The quantitative estimate of drug-likeness (QED) is 0.774.